The number of ether oxygens (including phenoxy) is 1. The van der Waals surface area contributed by atoms with Crippen LogP contribution in [0, 0.1) is 0 Å². The van der Waals surface area contributed by atoms with Gasteiger partial charge < -0.3 is 4.74 Å². The molecule has 5 nitrogen and oxygen atoms in total. The molecule has 0 bridgehead atoms. The summed E-state index contributed by atoms with van der Waals surface area (Å²) >= 11 is 0. The van der Waals surface area contributed by atoms with Gasteiger partial charge in [-0.05, 0) is 37.5 Å². The Morgan fingerprint density at radius 3 is 2.79 bits per heavy atom. The van der Waals surface area contributed by atoms with Crippen LogP contribution in [0.25, 0.3) is 0 Å². The fraction of sp³-hybridized carbons (Fsp3) is 0.462. The molecule has 6 heteroatoms. The van der Waals surface area contributed by atoms with Crippen LogP contribution in [-0.4, -0.2) is 27.0 Å². The normalized spacial score (nSPS) is 15.2. The average molecular weight is 283 g/mol. The summed E-state index contributed by atoms with van der Waals surface area (Å²) in [5.41, 5.74) is 0.257. The number of hydrogen-bond donors (Lipinski definition) is 1. The topological polar surface area (TPSA) is 72.5 Å². The number of rotatable bonds is 6. The molecule has 0 saturated heterocycles. The van der Waals surface area contributed by atoms with Crippen molar-refractivity contribution in [2.45, 2.75) is 37.1 Å². The molecule has 1 fully saturated rings. The molecule has 1 aliphatic rings. The highest BCUT2D eigenvalue weighted by molar-refractivity contribution is 7.89. The molecule has 0 atom stereocenters. The van der Waals surface area contributed by atoms with Crippen LogP contribution in [-0.2, 0) is 14.8 Å². The molecule has 104 valence electrons. The first-order valence-corrected chi connectivity index (χ1v) is 7.81. The predicted molar refractivity (Wildman–Crippen MR) is 70.4 cm³/mol. The number of nitrogens with one attached hydrogen (secondary N) is 1. The van der Waals surface area contributed by atoms with Crippen LogP contribution in [0.1, 0.15) is 36.5 Å². The lowest BCUT2D eigenvalue weighted by Gasteiger charge is -2.07. The minimum absolute atomic E-state index is 0.0423. The first-order chi connectivity index (χ1) is 9.03. The molecule has 0 heterocycles. The first-order valence-electron chi connectivity index (χ1n) is 6.32. The van der Waals surface area contributed by atoms with Crippen molar-refractivity contribution >= 4 is 16.0 Å². The second kappa shape index (κ2) is 5.71. The van der Waals surface area contributed by atoms with E-state index < -0.39 is 16.0 Å². The van der Waals surface area contributed by atoms with Crippen molar-refractivity contribution < 1.29 is 17.9 Å². The van der Waals surface area contributed by atoms with Crippen molar-refractivity contribution in [3.8, 4) is 0 Å². The van der Waals surface area contributed by atoms with Crippen LogP contribution in [0.5, 0.6) is 0 Å². The van der Waals surface area contributed by atoms with Gasteiger partial charge in [0.25, 0.3) is 0 Å². The lowest BCUT2D eigenvalue weighted by Crippen LogP contribution is -2.25. The summed E-state index contributed by atoms with van der Waals surface area (Å²) < 4.78 is 31.6. The molecule has 1 aromatic carbocycles. The lowest BCUT2D eigenvalue weighted by molar-refractivity contribution is 0.0505. The maximum absolute atomic E-state index is 12.0. The Hall–Kier alpha value is -1.40. The van der Waals surface area contributed by atoms with Gasteiger partial charge in [0.05, 0.1) is 17.1 Å². The van der Waals surface area contributed by atoms with Crippen LogP contribution in [0.15, 0.2) is 29.2 Å². The van der Waals surface area contributed by atoms with Crippen molar-refractivity contribution in [1.29, 1.82) is 0 Å². The van der Waals surface area contributed by atoms with Crippen molar-refractivity contribution in [2.24, 2.45) is 0 Å². The van der Waals surface area contributed by atoms with Crippen LogP contribution >= 0.6 is 0 Å². The molecule has 0 unspecified atom stereocenters. The smallest absolute Gasteiger partial charge is 0.338 e. The van der Waals surface area contributed by atoms with Crippen molar-refractivity contribution in [2.75, 3.05) is 6.61 Å². The van der Waals surface area contributed by atoms with Crippen molar-refractivity contribution in [3.63, 3.8) is 0 Å². The zero-order chi connectivity index (χ0) is 13.9. The Labute approximate surface area is 113 Å². The van der Waals surface area contributed by atoms with Crippen LogP contribution in [0.4, 0.5) is 0 Å². The molecule has 0 radical (unpaired) electrons. The second-order valence-electron chi connectivity index (χ2n) is 4.56. The molecular formula is C13H17NO4S. The minimum Gasteiger partial charge on any atom is -0.462 e. The average Bonchev–Trinajstić information content (AvgIpc) is 3.19. The standard InChI is InChI=1S/C13H17NO4S/c1-2-8-18-13(15)10-4-3-5-12(9-10)19(16,17)14-11-6-7-11/h3-5,9,11,14H,2,6-8H2,1H3. The number of sulfonamides is 1. The summed E-state index contributed by atoms with van der Waals surface area (Å²) in [6.45, 7) is 2.23. The highest BCUT2D eigenvalue weighted by atomic mass is 32.2. The third-order valence-electron chi connectivity index (χ3n) is 2.72. The van der Waals surface area contributed by atoms with Gasteiger partial charge in [0.15, 0.2) is 0 Å². The van der Waals surface area contributed by atoms with Gasteiger partial charge in [0.1, 0.15) is 0 Å². The molecule has 0 spiro atoms. The second-order valence-corrected chi connectivity index (χ2v) is 6.27. The third-order valence-corrected chi connectivity index (χ3v) is 4.23. The van der Waals surface area contributed by atoms with E-state index in [1.54, 1.807) is 12.1 Å². The molecular weight excluding hydrogens is 266 g/mol. The molecule has 19 heavy (non-hydrogen) atoms. The van der Waals surface area contributed by atoms with Gasteiger partial charge in [-0.1, -0.05) is 13.0 Å². The van der Waals surface area contributed by atoms with E-state index in [1.165, 1.54) is 12.1 Å². The Kier molecular flexibility index (Phi) is 4.21. The summed E-state index contributed by atoms with van der Waals surface area (Å²) in [6, 6.07) is 5.96. The lowest BCUT2D eigenvalue weighted by atomic mass is 10.2. The Bertz CT molecular complexity index is 564. The number of hydrogen-bond acceptors (Lipinski definition) is 4. The van der Waals surface area contributed by atoms with Gasteiger partial charge in [-0.2, -0.15) is 0 Å². The number of carbonyl (C=O) groups excluding carboxylic acids is 1. The number of esters is 1. The maximum atomic E-state index is 12.0. The van der Waals surface area contributed by atoms with E-state index >= 15 is 0 Å². The molecule has 1 saturated carbocycles. The molecule has 1 aromatic rings. The van der Waals surface area contributed by atoms with E-state index in [0.717, 1.165) is 19.3 Å². The van der Waals surface area contributed by atoms with Crippen LogP contribution < -0.4 is 4.72 Å². The van der Waals surface area contributed by atoms with Crippen LogP contribution in [0.2, 0.25) is 0 Å². The summed E-state index contributed by atoms with van der Waals surface area (Å²) in [5, 5.41) is 0. The molecule has 0 amide bonds. The van der Waals surface area contributed by atoms with Gasteiger partial charge in [0.2, 0.25) is 10.0 Å². The van der Waals surface area contributed by atoms with Crippen molar-refractivity contribution in [1.82, 2.24) is 4.72 Å². The van der Waals surface area contributed by atoms with Gasteiger partial charge >= 0.3 is 5.97 Å². The van der Waals surface area contributed by atoms with E-state index in [4.69, 9.17) is 4.74 Å². The first kappa shape index (κ1) is 14.0. The quantitative estimate of drug-likeness (QED) is 0.806. The SMILES string of the molecule is CCCOC(=O)c1cccc(S(=O)(=O)NC2CC2)c1. The Balaban J connectivity index is 2.16. The largest absolute Gasteiger partial charge is 0.462 e. The highest BCUT2D eigenvalue weighted by Gasteiger charge is 2.28. The summed E-state index contributed by atoms with van der Waals surface area (Å²) in [5.74, 6) is -0.495. The zero-order valence-corrected chi connectivity index (χ0v) is 11.6. The monoisotopic (exact) mass is 283 g/mol. The number of benzene rings is 1. The summed E-state index contributed by atoms with van der Waals surface area (Å²) in [7, 11) is -3.53. The number of carbonyl (C=O) groups is 1. The van der Waals surface area contributed by atoms with E-state index in [-0.39, 0.29) is 16.5 Å². The maximum Gasteiger partial charge on any atom is 0.338 e. The predicted octanol–water partition coefficient (Wildman–Crippen LogP) is 1.69. The molecule has 2 rings (SSSR count). The van der Waals surface area contributed by atoms with Gasteiger partial charge in [-0.25, -0.2) is 17.9 Å². The fourth-order valence-electron chi connectivity index (χ4n) is 1.56. The van der Waals surface area contributed by atoms with Gasteiger partial charge in [-0.3, -0.25) is 0 Å². The summed E-state index contributed by atoms with van der Waals surface area (Å²) in [4.78, 5) is 11.8. The minimum atomic E-state index is -3.53. The van der Waals surface area contributed by atoms with E-state index in [0.29, 0.717) is 6.61 Å². The van der Waals surface area contributed by atoms with Crippen molar-refractivity contribution in [3.05, 3.63) is 29.8 Å². The van der Waals surface area contributed by atoms with Gasteiger partial charge in [-0.15, -0.1) is 0 Å². The zero-order valence-electron chi connectivity index (χ0n) is 10.8. The Morgan fingerprint density at radius 2 is 2.16 bits per heavy atom. The van der Waals surface area contributed by atoms with Gasteiger partial charge in [0, 0.05) is 6.04 Å². The van der Waals surface area contributed by atoms with Crippen LogP contribution in [0.3, 0.4) is 0 Å². The Morgan fingerprint density at radius 1 is 1.42 bits per heavy atom. The fourth-order valence-corrected chi connectivity index (χ4v) is 2.91. The molecule has 0 aromatic heterocycles. The molecule has 1 aliphatic carbocycles. The third kappa shape index (κ3) is 3.78. The molecule has 0 aliphatic heterocycles. The van der Waals surface area contributed by atoms with E-state index in [2.05, 4.69) is 4.72 Å². The van der Waals surface area contributed by atoms with E-state index in [1.807, 2.05) is 6.92 Å². The molecule has 1 N–H and O–H groups in total. The van der Waals surface area contributed by atoms with E-state index in [9.17, 15) is 13.2 Å². The summed E-state index contributed by atoms with van der Waals surface area (Å²) in [6.07, 6.45) is 2.47. The highest BCUT2D eigenvalue weighted by Crippen LogP contribution is 2.22.